The van der Waals surface area contributed by atoms with Crippen LogP contribution in [-0.2, 0) is 6.42 Å². The largest absolute Gasteiger partial charge is 0.486 e. The molecule has 2 aliphatic carbocycles. The van der Waals surface area contributed by atoms with Crippen molar-refractivity contribution in [3.63, 3.8) is 0 Å². The van der Waals surface area contributed by atoms with Crippen LogP contribution in [0, 0.1) is 29.3 Å². The fourth-order valence-corrected chi connectivity index (χ4v) is 5.86. The van der Waals surface area contributed by atoms with Crippen molar-refractivity contribution in [1.82, 2.24) is 0 Å². The van der Waals surface area contributed by atoms with Gasteiger partial charge in [0.25, 0.3) is 0 Å². The fourth-order valence-electron chi connectivity index (χ4n) is 5.86. The summed E-state index contributed by atoms with van der Waals surface area (Å²) in [5.41, 5.74) is 2.09. The minimum atomic E-state index is -0.640. The number of halogens is 3. The normalized spacial score (nSPS) is 25.2. The molecule has 184 valence electrons. The van der Waals surface area contributed by atoms with Crippen LogP contribution in [-0.4, -0.2) is 6.61 Å². The molecule has 0 aliphatic heterocycles. The number of ether oxygens (including phenoxy) is 1. The first kappa shape index (κ1) is 24.9. The molecule has 0 N–H and O–H groups in total. The average Bonchev–Trinajstić information content (AvgIpc) is 2.85. The van der Waals surface area contributed by atoms with E-state index in [2.05, 4.69) is 13.5 Å². The molecule has 0 heterocycles. The number of benzene rings is 2. The van der Waals surface area contributed by atoms with Crippen LogP contribution < -0.4 is 4.74 Å². The molecule has 2 fully saturated rings. The maximum absolute atomic E-state index is 14.9. The Morgan fingerprint density at radius 3 is 2.26 bits per heavy atom. The minimum Gasteiger partial charge on any atom is -0.486 e. The van der Waals surface area contributed by atoms with Gasteiger partial charge < -0.3 is 4.74 Å². The van der Waals surface area contributed by atoms with Crippen LogP contribution in [0.5, 0.6) is 5.75 Å². The topological polar surface area (TPSA) is 9.23 Å². The van der Waals surface area contributed by atoms with Gasteiger partial charge in [-0.1, -0.05) is 50.6 Å². The molecule has 0 bridgehead atoms. The molecule has 0 saturated heterocycles. The van der Waals surface area contributed by atoms with Crippen LogP contribution in [0.2, 0.25) is 0 Å². The summed E-state index contributed by atoms with van der Waals surface area (Å²) in [5, 5.41) is 0. The first-order valence-electron chi connectivity index (χ1n) is 13.0. The van der Waals surface area contributed by atoms with Crippen LogP contribution in [0.1, 0.15) is 93.2 Å². The van der Waals surface area contributed by atoms with E-state index in [-0.39, 0.29) is 24.1 Å². The summed E-state index contributed by atoms with van der Waals surface area (Å²) >= 11 is 0. The zero-order chi connectivity index (χ0) is 24.1. The highest BCUT2D eigenvalue weighted by Crippen LogP contribution is 2.40. The van der Waals surface area contributed by atoms with Gasteiger partial charge >= 0.3 is 0 Å². The highest BCUT2D eigenvalue weighted by atomic mass is 19.2. The highest BCUT2D eigenvalue weighted by Gasteiger charge is 2.26. The molecule has 4 rings (SSSR count). The molecule has 2 saturated carbocycles. The van der Waals surface area contributed by atoms with Crippen molar-refractivity contribution >= 4 is 0 Å². The van der Waals surface area contributed by atoms with Crippen molar-refractivity contribution in [2.45, 2.75) is 83.0 Å². The van der Waals surface area contributed by atoms with E-state index in [1.165, 1.54) is 0 Å². The molecule has 0 amide bonds. The summed E-state index contributed by atoms with van der Waals surface area (Å²) in [6.45, 7) is 6.11. The van der Waals surface area contributed by atoms with Gasteiger partial charge in [-0.2, -0.15) is 0 Å². The SMILES string of the molecule is C=CCOc1ccc(C2CCC(CCc3ccc(C4CCC(C)CC4)c(F)c3F)CC2)cc1F. The summed E-state index contributed by atoms with van der Waals surface area (Å²) < 4.78 is 49.4. The Kier molecular flexibility index (Phi) is 8.39. The second-order valence-electron chi connectivity index (χ2n) is 10.4. The predicted octanol–water partition coefficient (Wildman–Crippen LogP) is 8.87. The number of hydrogen-bond donors (Lipinski definition) is 0. The van der Waals surface area contributed by atoms with Gasteiger partial charge in [-0.3, -0.25) is 0 Å². The Balaban J connectivity index is 1.29. The Morgan fingerprint density at radius 2 is 1.59 bits per heavy atom. The molecule has 2 aromatic carbocycles. The average molecular weight is 471 g/mol. The predicted molar refractivity (Wildman–Crippen MR) is 132 cm³/mol. The van der Waals surface area contributed by atoms with Crippen LogP contribution in [0.3, 0.4) is 0 Å². The first-order valence-corrected chi connectivity index (χ1v) is 13.0. The number of aryl methyl sites for hydroxylation is 1. The van der Waals surface area contributed by atoms with E-state index >= 15 is 0 Å². The van der Waals surface area contributed by atoms with E-state index < -0.39 is 11.6 Å². The molecule has 4 heteroatoms. The molecular formula is C30H37F3O. The smallest absolute Gasteiger partial charge is 0.165 e. The van der Waals surface area contributed by atoms with E-state index in [1.54, 1.807) is 18.2 Å². The summed E-state index contributed by atoms with van der Waals surface area (Å²) in [7, 11) is 0. The molecule has 0 atom stereocenters. The van der Waals surface area contributed by atoms with E-state index in [4.69, 9.17) is 4.74 Å². The zero-order valence-corrected chi connectivity index (χ0v) is 20.3. The van der Waals surface area contributed by atoms with Crippen molar-refractivity contribution in [3.05, 3.63) is 77.1 Å². The Morgan fingerprint density at radius 1 is 0.882 bits per heavy atom. The quantitative estimate of drug-likeness (QED) is 0.350. The van der Waals surface area contributed by atoms with Gasteiger partial charge in [-0.15, -0.1) is 0 Å². The molecule has 0 unspecified atom stereocenters. The number of rotatable bonds is 8. The van der Waals surface area contributed by atoms with Crippen molar-refractivity contribution in [3.8, 4) is 5.75 Å². The molecule has 0 radical (unpaired) electrons. The lowest BCUT2D eigenvalue weighted by Crippen LogP contribution is -2.15. The summed E-state index contributed by atoms with van der Waals surface area (Å²) in [5.74, 6) is 0.350. The van der Waals surface area contributed by atoms with Crippen LogP contribution >= 0.6 is 0 Å². The highest BCUT2D eigenvalue weighted by molar-refractivity contribution is 5.32. The molecule has 34 heavy (non-hydrogen) atoms. The summed E-state index contributed by atoms with van der Waals surface area (Å²) in [4.78, 5) is 0. The Bertz CT molecular complexity index is 969. The maximum Gasteiger partial charge on any atom is 0.165 e. The Labute approximate surface area is 202 Å². The third-order valence-electron chi connectivity index (χ3n) is 8.10. The second kappa shape index (κ2) is 11.5. The van der Waals surface area contributed by atoms with Gasteiger partial charge in [-0.25, -0.2) is 13.2 Å². The van der Waals surface area contributed by atoms with E-state index in [0.717, 1.165) is 63.4 Å². The van der Waals surface area contributed by atoms with Crippen molar-refractivity contribution in [2.24, 2.45) is 11.8 Å². The van der Waals surface area contributed by atoms with Crippen LogP contribution in [0.4, 0.5) is 13.2 Å². The number of hydrogen-bond acceptors (Lipinski definition) is 1. The molecule has 2 aromatic rings. The summed E-state index contributed by atoms with van der Waals surface area (Å²) in [6, 6.07) is 8.91. The van der Waals surface area contributed by atoms with Gasteiger partial charge in [0.1, 0.15) is 6.61 Å². The van der Waals surface area contributed by atoms with Crippen molar-refractivity contribution in [2.75, 3.05) is 6.61 Å². The Hall–Kier alpha value is -2.23. The monoisotopic (exact) mass is 470 g/mol. The standard InChI is InChI=1S/C30H37F3O/c1-3-18-34-28-17-15-25(19-27(28)31)22-11-6-21(7-12-22)8-13-24-14-16-26(30(33)29(24)32)23-9-4-20(2)5-10-23/h3,14-17,19-23H,1,4-13,18H2,2H3. The molecule has 2 aliphatic rings. The summed E-state index contributed by atoms with van der Waals surface area (Å²) in [6.07, 6.45) is 11.2. The molecule has 0 spiro atoms. The minimum absolute atomic E-state index is 0.155. The van der Waals surface area contributed by atoms with E-state index in [9.17, 15) is 13.2 Å². The molecular weight excluding hydrogens is 433 g/mol. The van der Waals surface area contributed by atoms with E-state index in [0.29, 0.717) is 35.3 Å². The lowest BCUT2D eigenvalue weighted by Gasteiger charge is -2.29. The lowest BCUT2D eigenvalue weighted by molar-refractivity contribution is 0.307. The second-order valence-corrected chi connectivity index (χ2v) is 10.4. The zero-order valence-electron chi connectivity index (χ0n) is 20.3. The maximum atomic E-state index is 14.9. The molecule has 0 aromatic heterocycles. The fraction of sp³-hybridized carbons (Fsp3) is 0.533. The van der Waals surface area contributed by atoms with Gasteiger partial charge in [0.2, 0.25) is 0 Å². The van der Waals surface area contributed by atoms with Crippen molar-refractivity contribution in [1.29, 1.82) is 0 Å². The van der Waals surface area contributed by atoms with Gasteiger partial charge in [0.15, 0.2) is 23.2 Å². The van der Waals surface area contributed by atoms with Crippen LogP contribution in [0.15, 0.2) is 43.0 Å². The van der Waals surface area contributed by atoms with Crippen LogP contribution in [0.25, 0.3) is 0 Å². The van der Waals surface area contributed by atoms with Crippen molar-refractivity contribution < 1.29 is 17.9 Å². The van der Waals surface area contributed by atoms with Gasteiger partial charge in [0.05, 0.1) is 0 Å². The van der Waals surface area contributed by atoms with E-state index in [1.807, 2.05) is 18.2 Å². The van der Waals surface area contributed by atoms with Gasteiger partial charge in [0, 0.05) is 0 Å². The molecule has 1 nitrogen and oxygen atoms in total. The third-order valence-corrected chi connectivity index (χ3v) is 8.10. The van der Waals surface area contributed by atoms with Gasteiger partial charge in [-0.05, 0) is 104 Å². The third kappa shape index (κ3) is 5.87. The lowest BCUT2D eigenvalue weighted by atomic mass is 9.76. The first-order chi connectivity index (χ1) is 16.5.